The first kappa shape index (κ1) is 23.9. The van der Waals surface area contributed by atoms with Crippen molar-refractivity contribution in [1.29, 1.82) is 0 Å². The van der Waals surface area contributed by atoms with Gasteiger partial charge >= 0.3 is 6.09 Å². The monoisotopic (exact) mass is 427 g/mol. The zero-order valence-electron chi connectivity index (χ0n) is 17.7. The zero-order chi connectivity index (χ0) is 22.6. The molecule has 0 aromatic heterocycles. The zero-order valence-corrected chi connectivity index (χ0v) is 17.7. The SMILES string of the molecule is C[C@H](NC(=O)OCc1ccccc1)C(=O)N[C@@H](C)C(=O)N[C@H](CO)Cc1ccccc1. The summed E-state index contributed by atoms with van der Waals surface area (Å²) in [6.45, 7) is 2.89. The molecule has 2 aromatic rings. The van der Waals surface area contributed by atoms with E-state index in [0.717, 1.165) is 11.1 Å². The van der Waals surface area contributed by atoms with Gasteiger partial charge in [0.2, 0.25) is 11.8 Å². The highest BCUT2D eigenvalue weighted by molar-refractivity contribution is 5.90. The summed E-state index contributed by atoms with van der Waals surface area (Å²) < 4.78 is 5.09. The van der Waals surface area contributed by atoms with E-state index >= 15 is 0 Å². The van der Waals surface area contributed by atoms with E-state index in [1.54, 1.807) is 0 Å². The molecule has 3 atom stereocenters. The summed E-state index contributed by atoms with van der Waals surface area (Å²) >= 11 is 0. The predicted molar refractivity (Wildman–Crippen MR) is 116 cm³/mol. The van der Waals surface area contributed by atoms with Crippen LogP contribution >= 0.6 is 0 Å². The molecule has 0 saturated carbocycles. The summed E-state index contributed by atoms with van der Waals surface area (Å²) in [7, 11) is 0. The Morgan fingerprint density at radius 2 is 1.32 bits per heavy atom. The topological polar surface area (TPSA) is 117 Å². The third kappa shape index (κ3) is 8.47. The Morgan fingerprint density at radius 1 is 0.806 bits per heavy atom. The number of benzene rings is 2. The minimum atomic E-state index is -0.892. The van der Waals surface area contributed by atoms with Crippen LogP contribution in [0.3, 0.4) is 0 Å². The molecule has 0 aliphatic heterocycles. The molecule has 0 spiro atoms. The minimum absolute atomic E-state index is 0.0871. The van der Waals surface area contributed by atoms with Crippen molar-refractivity contribution in [3.8, 4) is 0 Å². The van der Waals surface area contributed by atoms with E-state index in [1.165, 1.54) is 13.8 Å². The molecule has 8 nitrogen and oxygen atoms in total. The average molecular weight is 428 g/mol. The van der Waals surface area contributed by atoms with Crippen LogP contribution in [0.25, 0.3) is 0 Å². The van der Waals surface area contributed by atoms with Crippen LogP contribution < -0.4 is 16.0 Å². The van der Waals surface area contributed by atoms with Gasteiger partial charge in [-0.1, -0.05) is 60.7 Å². The Hall–Kier alpha value is -3.39. The molecule has 0 fully saturated rings. The highest BCUT2D eigenvalue weighted by Gasteiger charge is 2.23. The Bertz CT molecular complexity index is 845. The van der Waals surface area contributed by atoms with Gasteiger partial charge in [-0.15, -0.1) is 0 Å². The molecule has 31 heavy (non-hydrogen) atoms. The molecule has 0 bridgehead atoms. The summed E-state index contributed by atoms with van der Waals surface area (Å²) in [6, 6.07) is 16.4. The van der Waals surface area contributed by atoms with Gasteiger partial charge in [-0.05, 0) is 31.4 Å². The summed E-state index contributed by atoms with van der Waals surface area (Å²) in [4.78, 5) is 36.6. The van der Waals surface area contributed by atoms with Crippen LogP contribution in [0.4, 0.5) is 4.79 Å². The van der Waals surface area contributed by atoms with Crippen LogP contribution in [0.2, 0.25) is 0 Å². The van der Waals surface area contributed by atoms with Crippen molar-refractivity contribution in [1.82, 2.24) is 16.0 Å². The number of hydrogen-bond donors (Lipinski definition) is 4. The quantitative estimate of drug-likeness (QED) is 0.459. The largest absolute Gasteiger partial charge is 0.445 e. The molecule has 0 heterocycles. The normalized spacial score (nSPS) is 13.4. The Balaban J connectivity index is 1.76. The molecular formula is C23H29N3O5. The number of alkyl carbamates (subject to hydrolysis) is 1. The fraction of sp³-hybridized carbons (Fsp3) is 0.348. The van der Waals surface area contributed by atoms with Gasteiger partial charge in [0, 0.05) is 0 Å². The highest BCUT2D eigenvalue weighted by Crippen LogP contribution is 2.04. The van der Waals surface area contributed by atoms with Crippen LogP contribution in [0.5, 0.6) is 0 Å². The van der Waals surface area contributed by atoms with E-state index in [4.69, 9.17) is 4.74 Å². The van der Waals surface area contributed by atoms with Gasteiger partial charge in [-0.2, -0.15) is 0 Å². The van der Waals surface area contributed by atoms with Crippen LogP contribution in [0, 0.1) is 0 Å². The molecule has 0 radical (unpaired) electrons. The average Bonchev–Trinajstić information content (AvgIpc) is 2.78. The molecule has 8 heteroatoms. The van der Waals surface area contributed by atoms with E-state index in [0.29, 0.717) is 6.42 Å². The molecule has 4 N–H and O–H groups in total. The van der Waals surface area contributed by atoms with E-state index < -0.39 is 36.0 Å². The molecule has 2 aromatic carbocycles. The number of nitrogens with one attached hydrogen (secondary N) is 3. The van der Waals surface area contributed by atoms with Crippen molar-refractivity contribution >= 4 is 17.9 Å². The van der Waals surface area contributed by atoms with Crippen molar-refractivity contribution in [2.45, 2.75) is 45.0 Å². The molecule has 0 saturated heterocycles. The summed E-state index contributed by atoms with van der Waals surface area (Å²) in [5, 5.41) is 17.3. The maximum atomic E-state index is 12.4. The number of carbonyl (C=O) groups is 3. The maximum Gasteiger partial charge on any atom is 0.408 e. The predicted octanol–water partition coefficient (Wildman–Crippen LogP) is 1.53. The lowest BCUT2D eigenvalue weighted by atomic mass is 10.1. The Kier molecular flexibility index (Phi) is 9.51. The van der Waals surface area contributed by atoms with E-state index in [-0.39, 0.29) is 13.2 Å². The summed E-state index contributed by atoms with van der Waals surface area (Å²) in [5.74, 6) is -0.954. The maximum absolute atomic E-state index is 12.4. The second-order valence-corrected chi connectivity index (χ2v) is 7.24. The molecule has 0 aliphatic carbocycles. The van der Waals surface area contributed by atoms with Crippen LogP contribution in [-0.2, 0) is 27.4 Å². The third-order valence-corrected chi connectivity index (χ3v) is 4.58. The lowest BCUT2D eigenvalue weighted by Crippen LogP contribution is -2.53. The van der Waals surface area contributed by atoms with Crippen molar-refractivity contribution in [2.24, 2.45) is 0 Å². The Labute approximate surface area is 182 Å². The standard InChI is InChI=1S/C23H29N3O5/c1-16(22(29)26-20(14-27)13-18-9-5-3-6-10-18)24-21(28)17(2)25-23(30)31-15-19-11-7-4-8-12-19/h3-12,16-17,20,27H,13-15H2,1-2H3,(H,24,28)(H,25,30)(H,26,29)/t16-,17-,20-/m0/s1. The van der Waals surface area contributed by atoms with Gasteiger partial charge in [-0.3, -0.25) is 9.59 Å². The van der Waals surface area contributed by atoms with Crippen LogP contribution in [-0.4, -0.2) is 47.7 Å². The second-order valence-electron chi connectivity index (χ2n) is 7.24. The number of ether oxygens (including phenoxy) is 1. The fourth-order valence-corrected chi connectivity index (χ4v) is 2.80. The minimum Gasteiger partial charge on any atom is -0.445 e. The first-order chi connectivity index (χ1) is 14.9. The number of aliphatic hydroxyl groups is 1. The van der Waals surface area contributed by atoms with Crippen LogP contribution in [0.1, 0.15) is 25.0 Å². The molecule has 3 amide bonds. The summed E-state index contributed by atoms with van der Waals surface area (Å²) in [6.07, 6.45) is -0.263. The lowest BCUT2D eigenvalue weighted by Gasteiger charge is -2.21. The van der Waals surface area contributed by atoms with Gasteiger partial charge in [-0.25, -0.2) is 4.79 Å². The van der Waals surface area contributed by atoms with Crippen molar-refractivity contribution in [3.63, 3.8) is 0 Å². The Morgan fingerprint density at radius 3 is 1.90 bits per heavy atom. The van der Waals surface area contributed by atoms with Crippen molar-refractivity contribution < 1.29 is 24.2 Å². The van der Waals surface area contributed by atoms with Crippen molar-refractivity contribution in [2.75, 3.05) is 6.61 Å². The first-order valence-electron chi connectivity index (χ1n) is 10.1. The number of hydrogen-bond acceptors (Lipinski definition) is 5. The number of aliphatic hydroxyl groups excluding tert-OH is 1. The van der Waals surface area contributed by atoms with Gasteiger partial charge < -0.3 is 25.8 Å². The lowest BCUT2D eigenvalue weighted by molar-refractivity contribution is -0.129. The van der Waals surface area contributed by atoms with Crippen molar-refractivity contribution in [3.05, 3.63) is 71.8 Å². The number of carbonyl (C=O) groups excluding carboxylic acids is 3. The molecular weight excluding hydrogens is 398 g/mol. The van der Waals surface area contributed by atoms with Gasteiger partial charge in [0.15, 0.2) is 0 Å². The van der Waals surface area contributed by atoms with Gasteiger partial charge in [0.25, 0.3) is 0 Å². The van der Waals surface area contributed by atoms with Crippen LogP contribution in [0.15, 0.2) is 60.7 Å². The molecule has 0 unspecified atom stereocenters. The van der Waals surface area contributed by atoms with E-state index in [9.17, 15) is 19.5 Å². The molecule has 166 valence electrons. The smallest absolute Gasteiger partial charge is 0.408 e. The second kappa shape index (κ2) is 12.3. The third-order valence-electron chi connectivity index (χ3n) is 4.58. The first-order valence-corrected chi connectivity index (χ1v) is 10.1. The number of rotatable bonds is 10. The van der Waals surface area contributed by atoms with E-state index in [2.05, 4.69) is 16.0 Å². The molecule has 0 aliphatic rings. The fourth-order valence-electron chi connectivity index (χ4n) is 2.80. The number of amides is 3. The highest BCUT2D eigenvalue weighted by atomic mass is 16.5. The molecule has 2 rings (SSSR count). The summed E-state index contributed by atoms with van der Waals surface area (Å²) in [5.41, 5.74) is 1.80. The van der Waals surface area contributed by atoms with E-state index in [1.807, 2.05) is 60.7 Å². The van der Waals surface area contributed by atoms with Gasteiger partial charge in [0.05, 0.1) is 12.6 Å². The van der Waals surface area contributed by atoms with Gasteiger partial charge in [0.1, 0.15) is 18.7 Å².